The molecule has 3 aliphatic rings. The Balaban J connectivity index is 1.90. The highest BCUT2D eigenvalue weighted by Gasteiger charge is 2.61. The minimum atomic E-state index is -1.87. The largest absolute Gasteiger partial charge is 0.391 e. The van der Waals surface area contributed by atoms with E-state index in [9.17, 15) is 30.6 Å². The summed E-state index contributed by atoms with van der Waals surface area (Å²) in [5, 5.41) is 59.0. The molecule has 10 nitrogen and oxygen atoms in total. The summed E-state index contributed by atoms with van der Waals surface area (Å²) in [6, 6.07) is 0. The third kappa shape index (κ3) is 2.19. The number of ether oxygens (including phenoxy) is 4. The molecule has 3 heterocycles. The Labute approximate surface area is 125 Å². The monoisotopic (exact) mass is 324 g/mol. The molecule has 0 aromatic rings. The van der Waals surface area contributed by atoms with Gasteiger partial charge in [-0.3, -0.25) is 0 Å². The van der Waals surface area contributed by atoms with Gasteiger partial charge in [0.25, 0.3) is 0 Å². The first-order valence-corrected chi connectivity index (χ1v) is 6.96. The lowest BCUT2D eigenvalue weighted by molar-refractivity contribution is -0.328. The van der Waals surface area contributed by atoms with Crippen molar-refractivity contribution in [2.45, 2.75) is 48.2 Å². The summed E-state index contributed by atoms with van der Waals surface area (Å²) in [4.78, 5) is 0. The average Bonchev–Trinajstić information content (AvgIpc) is 2.91. The van der Waals surface area contributed by atoms with Crippen molar-refractivity contribution in [1.29, 1.82) is 0 Å². The van der Waals surface area contributed by atoms with Gasteiger partial charge in [-0.15, -0.1) is 0 Å². The fourth-order valence-corrected chi connectivity index (χ4v) is 3.02. The van der Waals surface area contributed by atoms with Crippen LogP contribution in [0.4, 0.5) is 0 Å². The van der Waals surface area contributed by atoms with Crippen molar-refractivity contribution in [2.75, 3.05) is 26.4 Å². The Morgan fingerprint density at radius 2 is 1.09 bits per heavy atom. The van der Waals surface area contributed by atoms with Gasteiger partial charge in [0.05, 0.1) is 13.2 Å². The maximum atomic E-state index is 10.0. The van der Waals surface area contributed by atoms with Crippen molar-refractivity contribution >= 4 is 0 Å². The lowest BCUT2D eigenvalue weighted by Gasteiger charge is -2.34. The van der Waals surface area contributed by atoms with Crippen LogP contribution in [0.5, 0.6) is 0 Å². The van der Waals surface area contributed by atoms with Crippen LogP contribution in [0.2, 0.25) is 0 Å². The second kappa shape index (κ2) is 5.60. The predicted molar refractivity (Wildman–Crippen MR) is 65.3 cm³/mol. The third-order valence-electron chi connectivity index (χ3n) is 4.44. The zero-order valence-electron chi connectivity index (χ0n) is 11.6. The lowest BCUT2D eigenvalue weighted by atomic mass is 10.0. The Hall–Kier alpha value is -0.400. The number of aliphatic hydroxyl groups is 6. The lowest BCUT2D eigenvalue weighted by Crippen LogP contribution is -2.50. The molecule has 0 aliphatic carbocycles. The first kappa shape index (κ1) is 16.5. The maximum absolute atomic E-state index is 10.0. The molecule has 0 amide bonds. The van der Waals surface area contributed by atoms with Gasteiger partial charge in [0.2, 0.25) is 11.6 Å². The molecule has 6 N–H and O–H groups in total. The van der Waals surface area contributed by atoms with Gasteiger partial charge >= 0.3 is 0 Å². The molecular weight excluding hydrogens is 304 g/mol. The highest BCUT2D eigenvalue weighted by molar-refractivity contribution is 5.01. The Morgan fingerprint density at radius 3 is 1.41 bits per heavy atom. The van der Waals surface area contributed by atoms with Crippen LogP contribution in [-0.2, 0) is 18.9 Å². The number of aliphatic hydroxyl groups excluding tert-OH is 6. The minimum absolute atomic E-state index is 0.361. The number of hydrogen-bond acceptors (Lipinski definition) is 10. The van der Waals surface area contributed by atoms with Crippen LogP contribution >= 0.6 is 0 Å². The van der Waals surface area contributed by atoms with E-state index >= 15 is 0 Å². The van der Waals surface area contributed by atoms with E-state index in [4.69, 9.17) is 18.9 Å². The van der Waals surface area contributed by atoms with E-state index in [1.807, 2.05) is 0 Å². The first-order valence-electron chi connectivity index (χ1n) is 6.96. The molecule has 2 unspecified atom stereocenters. The smallest absolute Gasteiger partial charge is 0.221 e. The second-order valence-electron chi connectivity index (χ2n) is 5.75. The van der Waals surface area contributed by atoms with Crippen molar-refractivity contribution in [3.05, 3.63) is 0 Å². The van der Waals surface area contributed by atoms with Crippen LogP contribution in [0.1, 0.15) is 0 Å². The summed E-state index contributed by atoms with van der Waals surface area (Å²) in [5.74, 6) is -3.74. The number of hydrogen-bond donors (Lipinski definition) is 6. The molecule has 22 heavy (non-hydrogen) atoms. The van der Waals surface area contributed by atoms with Crippen molar-refractivity contribution in [2.24, 2.45) is 0 Å². The summed E-state index contributed by atoms with van der Waals surface area (Å²) in [5.41, 5.74) is 0. The van der Waals surface area contributed by atoms with Crippen LogP contribution in [-0.4, -0.2) is 105 Å². The molecular formula is C12H20O10. The number of fused-ring (bicyclic) bond motifs is 4. The zero-order valence-corrected chi connectivity index (χ0v) is 11.6. The predicted octanol–water partition coefficient (Wildman–Crippen LogP) is -4.35. The van der Waals surface area contributed by atoms with Gasteiger partial charge in [0.1, 0.15) is 49.8 Å². The fourth-order valence-electron chi connectivity index (χ4n) is 3.02. The van der Waals surface area contributed by atoms with Crippen LogP contribution < -0.4 is 0 Å². The normalized spacial score (nSPS) is 55.4. The molecule has 0 spiro atoms. The second-order valence-corrected chi connectivity index (χ2v) is 5.75. The third-order valence-corrected chi connectivity index (χ3v) is 4.44. The summed E-state index contributed by atoms with van der Waals surface area (Å²) >= 11 is 0. The molecule has 128 valence electrons. The SMILES string of the molecule is OC[C@]12OCC3O[C@@](CO)(OCC(O1)[C@H](O)[C@H]2O)[C@@H](O)[C@@H]3O. The minimum Gasteiger partial charge on any atom is -0.391 e. The molecule has 3 saturated heterocycles. The van der Waals surface area contributed by atoms with E-state index in [1.54, 1.807) is 0 Å². The summed E-state index contributed by atoms with van der Waals surface area (Å²) in [7, 11) is 0. The van der Waals surface area contributed by atoms with Crippen molar-refractivity contribution in [1.82, 2.24) is 0 Å². The average molecular weight is 324 g/mol. The molecule has 0 aromatic carbocycles. The number of rotatable bonds is 2. The van der Waals surface area contributed by atoms with E-state index in [0.29, 0.717) is 0 Å². The van der Waals surface area contributed by atoms with E-state index < -0.39 is 61.4 Å². The molecule has 3 rings (SSSR count). The van der Waals surface area contributed by atoms with E-state index in [1.165, 1.54) is 0 Å². The van der Waals surface area contributed by atoms with Gasteiger partial charge in [-0.05, 0) is 0 Å². The molecule has 4 bridgehead atoms. The Morgan fingerprint density at radius 1 is 0.727 bits per heavy atom. The molecule has 3 fully saturated rings. The van der Waals surface area contributed by atoms with Crippen molar-refractivity contribution in [3.63, 3.8) is 0 Å². The first-order chi connectivity index (χ1) is 10.4. The highest BCUT2D eigenvalue weighted by atomic mass is 16.8. The Bertz CT molecular complexity index is 383. The van der Waals surface area contributed by atoms with E-state index in [2.05, 4.69) is 0 Å². The van der Waals surface area contributed by atoms with Gasteiger partial charge < -0.3 is 49.6 Å². The summed E-state index contributed by atoms with van der Waals surface area (Å²) in [6.45, 7) is -2.20. The van der Waals surface area contributed by atoms with Gasteiger partial charge in [-0.1, -0.05) is 0 Å². The van der Waals surface area contributed by atoms with Crippen LogP contribution in [0.3, 0.4) is 0 Å². The molecule has 3 aliphatic heterocycles. The Kier molecular flexibility index (Phi) is 4.19. The van der Waals surface area contributed by atoms with Gasteiger partial charge in [-0.2, -0.15) is 0 Å². The standard InChI is InChI=1S/C12H20O10/c13-3-11-10(18)8(16)6(22-11)2-20-12(4-14)9(17)7(15)5(21-12)1-19-11/h5-10,13-18H,1-4H2/t5?,6?,7-,8+,9+,10-,11+,12-. The highest BCUT2D eigenvalue weighted by Crippen LogP contribution is 2.39. The maximum Gasteiger partial charge on any atom is 0.221 e. The van der Waals surface area contributed by atoms with Crippen molar-refractivity contribution in [3.8, 4) is 0 Å². The summed E-state index contributed by atoms with van der Waals surface area (Å²) in [6.07, 6.45) is -8.01. The topological polar surface area (TPSA) is 158 Å². The van der Waals surface area contributed by atoms with Crippen LogP contribution in [0.25, 0.3) is 0 Å². The van der Waals surface area contributed by atoms with Crippen LogP contribution in [0, 0.1) is 0 Å². The molecule has 10 heteroatoms. The molecule has 0 aromatic heterocycles. The molecule has 0 saturated carbocycles. The van der Waals surface area contributed by atoms with E-state index in [0.717, 1.165) is 0 Å². The summed E-state index contributed by atoms with van der Waals surface area (Å²) < 4.78 is 21.5. The zero-order chi connectivity index (χ0) is 16.1. The quantitative estimate of drug-likeness (QED) is 0.293. The van der Waals surface area contributed by atoms with E-state index in [-0.39, 0.29) is 13.2 Å². The van der Waals surface area contributed by atoms with Gasteiger partial charge in [0, 0.05) is 0 Å². The molecule has 8 atom stereocenters. The molecule has 0 radical (unpaired) electrons. The fraction of sp³-hybridized carbons (Fsp3) is 1.00. The van der Waals surface area contributed by atoms with Crippen LogP contribution in [0.15, 0.2) is 0 Å². The van der Waals surface area contributed by atoms with Gasteiger partial charge in [0.15, 0.2) is 0 Å². The van der Waals surface area contributed by atoms with Crippen molar-refractivity contribution < 1.29 is 49.6 Å². The van der Waals surface area contributed by atoms with Gasteiger partial charge in [-0.25, -0.2) is 0 Å².